The highest BCUT2D eigenvalue weighted by atomic mass is 35.5. The first-order chi connectivity index (χ1) is 10.5. The Hall–Kier alpha value is -1.99. The monoisotopic (exact) mass is 342 g/mol. The van der Waals surface area contributed by atoms with E-state index < -0.39 is 6.04 Å². The van der Waals surface area contributed by atoms with E-state index >= 15 is 0 Å². The molecule has 3 N–H and O–H groups in total. The second-order valence-electron chi connectivity index (χ2n) is 5.40. The second kappa shape index (κ2) is 8.59. The lowest BCUT2D eigenvalue weighted by Gasteiger charge is -2.14. The fourth-order valence-electron chi connectivity index (χ4n) is 1.85. The van der Waals surface area contributed by atoms with Crippen molar-refractivity contribution < 1.29 is 13.7 Å². The van der Waals surface area contributed by atoms with Gasteiger partial charge in [0.1, 0.15) is 5.82 Å². The number of nitrogens with two attached hydrogens (primary N) is 1. The van der Waals surface area contributed by atoms with Crippen molar-refractivity contribution in [2.24, 2.45) is 11.7 Å². The van der Waals surface area contributed by atoms with Crippen molar-refractivity contribution in [3.63, 3.8) is 0 Å². The van der Waals surface area contributed by atoms with Crippen molar-refractivity contribution in [2.75, 3.05) is 0 Å². The normalized spacial score (nSPS) is 11.9. The molecule has 6 nitrogen and oxygen atoms in total. The third-order valence-corrected chi connectivity index (χ3v) is 3.20. The van der Waals surface area contributed by atoms with Gasteiger partial charge >= 0.3 is 0 Å². The van der Waals surface area contributed by atoms with Crippen LogP contribution in [0.1, 0.15) is 31.1 Å². The number of aromatic nitrogens is 2. The van der Waals surface area contributed by atoms with Gasteiger partial charge in [0.25, 0.3) is 0 Å². The SMILES string of the molecule is CC(C)[C@H](N)C(=O)NCc1nc(Cc2cccc(F)c2)no1.Cl. The number of rotatable bonds is 6. The Labute approximate surface area is 140 Å². The van der Waals surface area contributed by atoms with E-state index in [0.717, 1.165) is 5.56 Å². The largest absolute Gasteiger partial charge is 0.346 e. The minimum absolute atomic E-state index is 0. The number of nitrogens with zero attached hydrogens (tertiary/aromatic N) is 2. The predicted molar refractivity (Wildman–Crippen MR) is 85.4 cm³/mol. The van der Waals surface area contributed by atoms with E-state index in [1.807, 2.05) is 13.8 Å². The Morgan fingerprint density at radius 1 is 1.43 bits per heavy atom. The van der Waals surface area contributed by atoms with Crippen LogP contribution in [0.15, 0.2) is 28.8 Å². The number of hydrogen-bond donors (Lipinski definition) is 2. The van der Waals surface area contributed by atoms with E-state index in [2.05, 4.69) is 15.5 Å². The Balaban J connectivity index is 0.00000264. The average molecular weight is 343 g/mol. The Bertz CT molecular complexity index is 648. The molecule has 0 aliphatic carbocycles. The smallest absolute Gasteiger partial charge is 0.246 e. The van der Waals surface area contributed by atoms with Crippen molar-refractivity contribution in [2.45, 2.75) is 32.9 Å². The third-order valence-electron chi connectivity index (χ3n) is 3.20. The van der Waals surface area contributed by atoms with E-state index in [9.17, 15) is 9.18 Å². The molecular formula is C15H20ClFN4O2. The molecule has 2 aromatic rings. The maximum absolute atomic E-state index is 13.1. The summed E-state index contributed by atoms with van der Waals surface area (Å²) in [5, 5.41) is 6.45. The molecule has 0 aliphatic rings. The van der Waals surface area contributed by atoms with Gasteiger partial charge in [-0.05, 0) is 23.6 Å². The summed E-state index contributed by atoms with van der Waals surface area (Å²) in [6.07, 6.45) is 0.362. The Morgan fingerprint density at radius 3 is 2.83 bits per heavy atom. The number of halogens is 2. The van der Waals surface area contributed by atoms with E-state index in [4.69, 9.17) is 10.3 Å². The first kappa shape index (κ1) is 19.1. The predicted octanol–water partition coefficient (Wildman–Crippen LogP) is 1.82. The number of carbonyl (C=O) groups is 1. The lowest BCUT2D eigenvalue weighted by molar-refractivity contribution is -0.123. The topological polar surface area (TPSA) is 94.0 Å². The van der Waals surface area contributed by atoms with Gasteiger partial charge in [-0.2, -0.15) is 4.98 Å². The van der Waals surface area contributed by atoms with Gasteiger partial charge in [-0.25, -0.2) is 4.39 Å². The average Bonchev–Trinajstić information content (AvgIpc) is 2.91. The van der Waals surface area contributed by atoms with Gasteiger partial charge in [0.05, 0.1) is 12.6 Å². The first-order valence-corrected chi connectivity index (χ1v) is 7.05. The molecule has 0 saturated carbocycles. The highest BCUT2D eigenvalue weighted by Gasteiger charge is 2.17. The summed E-state index contributed by atoms with van der Waals surface area (Å²) >= 11 is 0. The van der Waals surface area contributed by atoms with Crippen LogP contribution in [0.5, 0.6) is 0 Å². The van der Waals surface area contributed by atoms with E-state index in [0.29, 0.717) is 12.2 Å². The molecule has 1 heterocycles. The van der Waals surface area contributed by atoms with Gasteiger partial charge in [0.15, 0.2) is 5.82 Å². The van der Waals surface area contributed by atoms with Crippen molar-refractivity contribution in [1.82, 2.24) is 15.5 Å². The minimum atomic E-state index is -0.574. The van der Waals surface area contributed by atoms with Gasteiger partial charge in [-0.15, -0.1) is 12.4 Å². The maximum Gasteiger partial charge on any atom is 0.246 e. The number of amides is 1. The van der Waals surface area contributed by atoms with Crippen LogP contribution in [0.2, 0.25) is 0 Å². The van der Waals surface area contributed by atoms with Crippen molar-refractivity contribution in [3.05, 3.63) is 47.4 Å². The fraction of sp³-hybridized carbons (Fsp3) is 0.400. The molecule has 0 saturated heterocycles. The molecule has 0 spiro atoms. The lowest BCUT2D eigenvalue weighted by atomic mass is 10.1. The standard InChI is InChI=1S/C15H19FN4O2.ClH/c1-9(2)14(17)15(21)18-8-13-19-12(20-22-13)7-10-4-3-5-11(16)6-10;/h3-6,9,14H,7-8,17H2,1-2H3,(H,18,21);1H/t14-;/m0./s1. The van der Waals surface area contributed by atoms with Crippen LogP contribution in [0.25, 0.3) is 0 Å². The van der Waals surface area contributed by atoms with E-state index in [-0.39, 0.29) is 42.5 Å². The van der Waals surface area contributed by atoms with E-state index in [1.54, 1.807) is 12.1 Å². The van der Waals surface area contributed by atoms with Crippen LogP contribution in [-0.4, -0.2) is 22.1 Å². The maximum atomic E-state index is 13.1. The molecule has 0 bridgehead atoms. The molecule has 1 amide bonds. The molecule has 126 valence electrons. The highest BCUT2D eigenvalue weighted by molar-refractivity contribution is 5.85. The van der Waals surface area contributed by atoms with Crippen molar-refractivity contribution in [3.8, 4) is 0 Å². The first-order valence-electron chi connectivity index (χ1n) is 7.05. The summed E-state index contributed by atoms with van der Waals surface area (Å²) < 4.78 is 18.1. The molecular weight excluding hydrogens is 323 g/mol. The molecule has 2 rings (SSSR count). The zero-order chi connectivity index (χ0) is 16.1. The van der Waals surface area contributed by atoms with Gasteiger partial charge in [-0.1, -0.05) is 31.1 Å². The lowest BCUT2D eigenvalue weighted by Crippen LogP contribution is -2.43. The molecule has 8 heteroatoms. The van der Waals surface area contributed by atoms with Crippen molar-refractivity contribution in [1.29, 1.82) is 0 Å². The van der Waals surface area contributed by atoms with E-state index in [1.165, 1.54) is 12.1 Å². The van der Waals surface area contributed by atoms with Gasteiger partial charge in [0, 0.05) is 6.42 Å². The quantitative estimate of drug-likeness (QED) is 0.835. The summed E-state index contributed by atoms with van der Waals surface area (Å²) in [6.45, 7) is 3.86. The zero-order valence-electron chi connectivity index (χ0n) is 13.0. The van der Waals surface area contributed by atoms with Gasteiger partial charge in [-0.3, -0.25) is 4.79 Å². The molecule has 23 heavy (non-hydrogen) atoms. The van der Waals surface area contributed by atoms with Crippen molar-refractivity contribution >= 4 is 18.3 Å². The van der Waals surface area contributed by atoms with Crippen LogP contribution in [0.4, 0.5) is 4.39 Å². The Morgan fingerprint density at radius 2 is 2.17 bits per heavy atom. The highest BCUT2D eigenvalue weighted by Crippen LogP contribution is 2.09. The molecule has 0 unspecified atom stereocenters. The molecule has 0 radical (unpaired) electrons. The molecule has 1 aromatic carbocycles. The molecule has 0 aliphatic heterocycles. The molecule has 1 aromatic heterocycles. The second-order valence-corrected chi connectivity index (χ2v) is 5.40. The fourth-order valence-corrected chi connectivity index (χ4v) is 1.85. The number of nitrogens with one attached hydrogen (secondary N) is 1. The van der Waals surface area contributed by atoms with Gasteiger partial charge < -0.3 is 15.6 Å². The van der Waals surface area contributed by atoms with Crippen LogP contribution >= 0.6 is 12.4 Å². The van der Waals surface area contributed by atoms with Crippen LogP contribution in [0, 0.1) is 11.7 Å². The Kier molecular flexibility index (Phi) is 7.12. The van der Waals surface area contributed by atoms with Gasteiger partial charge in [0.2, 0.25) is 11.8 Å². The minimum Gasteiger partial charge on any atom is -0.346 e. The molecule has 0 fully saturated rings. The summed E-state index contributed by atoms with van der Waals surface area (Å²) in [4.78, 5) is 15.9. The summed E-state index contributed by atoms with van der Waals surface area (Å²) in [5.74, 6) is 0.195. The summed E-state index contributed by atoms with van der Waals surface area (Å²) in [6, 6.07) is 5.62. The third kappa shape index (κ3) is 5.61. The zero-order valence-corrected chi connectivity index (χ0v) is 13.8. The number of hydrogen-bond acceptors (Lipinski definition) is 5. The van der Waals surface area contributed by atoms with Crippen LogP contribution < -0.4 is 11.1 Å². The summed E-state index contributed by atoms with van der Waals surface area (Å²) in [5.41, 5.74) is 6.48. The number of carbonyl (C=O) groups excluding carboxylic acids is 1. The molecule has 1 atom stereocenters. The number of benzene rings is 1. The van der Waals surface area contributed by atoms with Crippen LogP contribution in [-0.2, 0) is 17.8 Å². The summed E-state index contributed by atoms with van der Waals surface area (Å²) in [7, 11) is 0. The van der Waals surface area contributed by atoms with Crippen LogP contribution in [0.3, 0.4) is 0 Å².